The summed E-state index contributed by atoms with van der Waals surface area (Å²) in [6.45, 7) is 7.60. The topological polar surface area (TPSA) is 46.2 Å². The number of carbonyl (C=O) groups is 1. The number of esters is 1. The molecule has 0 bridgehead atoms. The minimum atomic E-state index is -1.67. The van der Waals surface area contributed by atoms with Gasteiger partial charge in [-0.15, -0.1) is 0 Å². The Kier molecular flexibility index (Phi) is 3.26. The van der Waals surface area contributed by atoms with E-state index in [9.17, 15) is 9.90 Å². The molecule has 0 saturated carbocycles. The van der Waals surface area contributed by atoms with Gasteiger partial charge in [-0.1, -0.05) is 12.7 Å². The smallest absolute Gasteiger partial charge is 0.341 e. The van der Waals surface area contributed by atoms with Gasteiger partial charge in [0.25, 0.3) is 0 Å². The maximum Gasteiger partial charge on any atom is 0.341 e. The van der Waals surface area contributed by atoms with Crippen LogP contribution in [0.2, 0.25) is 0 Å². The maximum absolute atomic E-state index is 10.9. The lowest BCUT2D eigenvalue weighted by molar-refractivity contribution is -0.170. The van der Waals surface area contributed by atoms with Gasteiger partial charge in [0.15, 0.2) is 5.60 Å². The molecule has 0 fully saturated rings. The zero-order chi connectivity index (χ0) is 9.07. The van der Waals surface area contributed by atoms with Crippen LogP contribution >= 0.6 is 0 Å². The third kappa shape index (κ3) is 3.78. The molecule has 0 N–H and O–H groups in total. The zero-order valence-corrected chi connectivity index (χ0v) is 7.09. The first-order chi connectivity index (χ1) is 4.88. The second-order valence-corrected chi connectivity index (χ2v) is 2.86. The first-order valence-corrected chi connectivity index (χ1v) is 3.42. The van der Waals surface area contributed by atoms with Gasteiger partial charge in [-0.05, 0) is 20.8 Å². The first-order valence-electron chi connectivity index (χ1n) is 3.42. The van der Waals surface area contributed by atoms with Crippen LogP contribution in [0.5, 0.6) is 0 Å². The third-order valence-corrected chi connectivity index (χ3v) is 1.12. The number of hydrogen-bond acceptors (Lipinski definition) is 2. The molecule has 0 amide bonds. The second kappa shape index (κ2) is 3.53. The molecule has 0 saturated heterocycles. The zero-order valence-electron chi connectivity index (χ0n) is 7.09. The molecule has 0 aliphatic rings. The maximum atomic E-state index is 10.9. The highest BCUT2D eigenvalue weighted by atomic mass is 16.6. The van der Waals surface area contributed by atoms with E-state index in [0.717, 1.165) is 0 Å². The summed E-state index contributed by atoms with van der Waals surface area (Å²) in [6.07, 6.45) is 1.07. The molecule has 1 unspecified atom stereocenters. The summed E-state index contributed by atoms with van der Waals surface area (Å²) in [7, 11) is 0. The number of rotatable bonds is 3. The minimum Gasteiger partial charge on any atom is -0.456 e. The molecular weight excluding hydrogens is 144 g/mol. The van der Waals surface area contributed by atoms with Crippen LogP contribution in [-0.2, 0) is 14.6 Å². The van der Waals surface area contributed by atoms with Crippen LogP contribution in [0.25, 0.3) is 0 Å². The van der Waals surface area contributed by atoms with Gasteiger partial charge in [0, 0.05) is 0 Å². The molecule has 0 aromatic carbocycles. The van der Waals surface area contributed by atoms with Gasteiger partial charge in [-0.2, -0.15) is 0 Å². The average molecular weight is 157 g/mol. The molecule has 0 aromatic heterocycles. The lowest BCUT2D eigenvalue weighted by atomic mass is 10.1. The van der Waals surface area contributed by atoms with Crippen LogP contribution in [0.15, 0.2) is 12.7 Å². The summed E-state index contributed by atoms with van der Waals surface area (Å²) in [5.41, 5.74) is -1.67. The number of hydrogen-bond donors (Lipinski definition) is 0. The molecule has 0 aliphatic carbocycles. The van der Waals surface area contributed by atoms with Crippen LogP contribution in [0, 0.1) is 0 Å². The van der Waals surface area contributed by atoms with E-state index >= 15 is 0 Å². The van der Waals surface area contributed by atoms with Crippen LogP contribution in [-0.4, -0.2) is 17.7 Å². The highest BCUT2D eigenvalue weighted by molar-refractivity contribution is 5.78. The van der Waals surface area contributed by atoms with Gasteiger partial charge >= 0.3 is 5.97 Å². The van der Waals surface area contributed by atoms with Gasteiger partial charge in [0.2, 0.25) is 0 Å². The van der Waals surface area contributed by atoms with Crippen LogP contribution in [0.1, 0.15) is 20.8 Å². The summed E-state index contributed by atoms with van der Waals surface area (Å²) in [6, 6.07) is 0. The van der Waals surface area contributed by atoms with E-state index in [-0.39, 0.29) is 0 Å². The SMILES string of the molecule is C=CC(C)OC(=O)C(C)(C)[O]. The molecule has 3 nitrogen and oxygen atoms in total. The van der Waals surface area contributed by atoms with Crippen molar-refractivity contribution in [1.29, 1.82) is 0 Å². The van der Waals surface area contributed by atoms with Crippen molar-refractivity contribution in [3.05, 3.63) is 12.7 Å². The van der Waals surface area contributed by atoms with Gasteiger partial charge in [-0.3, -0.25) is 0 Å². The molecule has 0 rings (SSSR count). The van der Waals surface area contributed by atoms with Crippen LogP contribution in [0.3, 0.4) is 0 Å². The minimum absolute atomic E-state index is 0.393. The van der Waals surface area contributed by atoms with Crippen molar-refractivity contribution in [1.82, 2.24) is 0 Å². The van der Waals surface area contributed by atoms with Crippen molar-refractivity contribution >= 4 is 5.97 Å². The summed E-state index contributed by atoms with van der Waals surface area (Å²) in [5, 5.41) is 10.9. The first kappa shape index (κ1) is 10.2. The third-order valence-electron chi connectivity index (χ3n) is 1.12. The Morgan fingerprint density at radius 3 is 2.36 bits per heavy atom. The molecule has 1 atom stereocenters. The molecule has 0 heterocycles. The van der Waals surface area contributed by atoms with E-state index in [1.165, 1.54) is 19.9 Å². The summed E-state index contributed by atoms with van der Waals surface area (Å²) in [4.78, 5) is 10.9. The number of ether oxygens (including phenoxy) is 1. The molecule has 0 spiro atoms. The van der Waals surface area contributed by atoms with E-state index in [0.29, 0.717) is 0 Å². The van der Waals surface area contributed by atoms with Crippen molar-refractivity contribution in [2.45, 2.75) is 32.5 Å². The van der Waals surface area contributed by atoms with Crippen molar-refractivity contribution in [2.24, 2.45) is 0 Å². The fourth-order valence-corrected chi connectivity index (χ4v) is 0.359. The summed E-state index contributed by atoms with van der Waals surface area (Å²) in [5.74, 6) is -0.745. The normalized spacial score (nSPS) is 13.8. The standard InChI is InChI=1S/C8H13O3/c1-5-6(2)11-7(9)8(3,4)10/h5-6H,1H2,2-4H3. The monoisotopic (exact) mass is 157 g/mol. The Morgan fingerprint density at radius 2 is 2.09 bits per heavy atom. The van der Waals surface area contributed by atoms with Crippen molar-refractivity contribution in [2.75, 3.05) is 0 Å². The highest BCUT2D eigenvalue weighted by Gasteiger charge is 2.28. The Bertz CT molecular complexity index is 155. The van der Waals surface area contributed by atoms with Gasteiger partial charge in [-0.25, -0.2) is 9.90 Å². The predicted octanol–water partition coefficient (Wildman–Crippen LogP) is 1.31. The lowest BCUT2D eigenvalue weighted by Crippen LogP contribution is -2.33. The number of carbonyl (C=O) groups excluding carboxylic acids is 1. The largest absolute Gasteiger partial charge is 0.456 e. The Balaban J connectivity index is 3.98. The van der Waals surface area contributed by atoms with E-state index in [4.69, 9.17) is 4.74 Å². The van der Waals surface area contributed by atoms with Crippen molar-refractivity contribution in [3.63, 3.8) is 0 Å². The van der Waals surface area contributed by atoms with Crippen LogP contribution < -0.4 is 0 Å². The second-order valence-electron chi connectivity index (χ2n) is 2.86. The average Bonchev–Trinajstić information content (AvgIpc) is 1.85. The molecule has 0 aromatic rings. The molecule has 11 heavy (non-hydrogen) atoms. The fraction of sp³-hybridized carbons (Fsp3) is 0.625. The lowest BCUT2D eigenvalue weighted by Gasteiger charge is -2.15. The van der Waals surface area contributed by atoms with E-state index in [1.807, 2.05) is 0 Å². The van der Waals surface area contributed by atoms with Crippen molar-refractivity contribution < 1.29 is 14.6 Å². The summed E-state index contributed by atoms with van der Waals surface area (Å²) >= 11 is 0. The Morgan fingerprint density at radius 1 is 1.64 bits per heavy atom. The molecular formula is C8H13O3. The van der Waals surface area contributed by atoms with Crippen LogP contribution in [0.4, 0.5) is 0 Å². The van der Waals surface area contributed by atoms with E-state index in [1.54, 1.807) is 6.92 Å². The quantitative estimate of drug-likeness (QED) is 0.458. The fourth-order valence-electron chi connectivity index (χ4n) is 0.359. The summed E-state index contributed by atoms with van der Waals surface area (Å²) < 4.78 is 4.69. The predicted molar refractivity (Wildman–Crippen MR) is 40.5 cm³/mol. The van der Waals surface area contributed by atoms with Gasteiger partial charge < -0.3 is 4.74 Å². The Labute approximate surface area is 66.7 Å². The van der Waals surface area contributed by atoms with E-state index < -0.39 is 17.7 Å². The van der Waals surface area contributed by atoms with Crippen molar-refractivity contribution in [3.8, 4) is 0 Å². The van der Waals surface area contributed by atoms with Gasteiger partial charge in [0.1, 0.15) is 6.10 Å². The molecule has 0 aliphatic heterocycles. The molecule has 63 valence electrons. The Hall–Kier alpha value is -0.830. The molecule has 3 heteroatoms. The van der Waals surface area contributed by atoms with E-state index in [2.05, 4.69) is 6.58 Å². The molecule has 1 radical (unpaired) electrons. The van der Waals surface area contributed by atoms with Gasteiger partial charge in [0.05, 0.1) is 0 Å². The highest BCUT2D eigenvalue weighted by Crippen LogP contribution is 2.07.